The molecule has 0 spiro atoms. The van der Waals surface area contributed by atoms with Gasteiger partial charge in [-0.1, -0.05) is 115 Å². The fourth-order valence-electron chi connectivity index (χ4n) is 5.05. The zero-order valence-corrected chi connectivity index (χ0v) is 27.5. The zero-order chi connectivity index (χ0) is 28.9. The van der Waals surface area contributed by atoms with Gasteiger partial charge in [-0.05, 0) is 91.5 Å². The first-order valence-corrected chi connectivity index (χ1v) is 14.9. The third-order valence-electron chi connectivity index (χ3n) is 6.50. The van der Waals surface area contributed by atoms with Crippen molar-refractivity contribution in [1.82, 2.24) is 4.57 Å². The number of hydrogen-bond donors (Lipinski definition) is 0. The summed E-state index contributed by atoms with van der Waals surface area (Å²) in [6, 6.07) is 8.64. The van der Waals surface area contributed by atoms with Crippen molar-refractivity contribution in [3.8, 4) is 5.69 Å². The van der Waals surface area contributed by atoms with Gasteiger partial charge in [-0.2, -0.15) is 0 Å². The lowest BCUT2D eigenvalue weighted by Crippen LogP contribution is -2.29. The molecule has 37 heavy (non-hydrogen) atoms. The molecule has 0 amide bonds. The average Bonchev–Trinajstić information content (AvgIpc) is 3.32. The van der Waals surface area contributed by atoms with Crippen molar-refractivity contribution in [3.63, 3.8) is 0 Å². The summed E-state index contributed by atoms with van der Waals surface area (Å²) in [5.41, 5.74) is 8.88. The largest absolute Gasteiger partial charge is 0.310 e. The van der Waals surface area contributed by atoms with E-state index >= 15 is 0 Å². The van der Waals surface area contributed by atoms with Crippen molar-refractivity contribution in [2.24, 2.45) is 5.41 Å². The Kier molecular flexibility index (Phi) is 15.5. The van der Waals surface area contributed by atoms with Crippen LogP contribution in [0, 0.1) is 5.41 Å². The van der Waals surface area contributed by atoms with Gasteiger partial charge < -0.3 is 4.57 Å². The second kappa shape index (κ2) is 16.5. The van der Waals surface area contributed by atoms with Crippen molar-refractivity contribution in [3.05, 3.63) is 92.1 Å². The van der Waals surface area contributed by atoms with Gasteiger partial charge in [0.05, 0.1) is 5.69 Å². The minimum Gasteiger partial charge on any atom is -0.310 e. The third kappa shape index (κ3) is 6.96. The smallest absolute Gasteiger partial charge is 0.0543 e. The maximum absolute atomic E-state index is 4.49. The van der Waals surface area contributed by atoms with Crippen LogP contribution in [0.4, 0.5) is 0 Å². The molecule has 204 valence electrons. The minimum absolute atomic E-state index is 0.133. The Hall–Kier alpha value is -2.32. The van der Waals surface area contributed by atoms with Gasteiger partial charge in [-0.15, -0.1) is 0 Å². The molecule has 0 fully saturated rings. The molecule has 0 atom stereocenters. The second-order valence-electron chi connectivity index (χ2n) is 8.58. The molecule has 0 N–H and O–H groups in total. The second-order valence-corrected chi connectivity index (χ2v) is 9.49. The van der Waals surface area contributed by atoms with E-state index < -0.39 is 0 Å². The van der Waals surface area contributed by atoms with E-state index in [0.29, 0.717) is 0 Å². The lowest BCUT2D eigenvalue weighted by Gasteiger charge is -2.27. The molecule has 0 bridgehead atoms. The number of halogens is 1. The summed E-state index contributed by atoms with van der Waals surface area (Å²) in [5.74, 6) is 0. The highest BCUT2D eigenvalue weighted by molar-refractivity contribution is 9.10. The number of rotatable bonds is 4. The summed E-state index contributed by atoms with van der Waals surface area (Å²) in [6.45, 7) is 32.0. The number of aromatic nitrogens is 1. The highest BCUT2D eigenvalue weighted by atomic mass is 79.9. The van der Waals surface area contributed by atoms with Gasteiger partial charge in [0.25, 0.3) is 0 Å². The molecule has 3 rings (SSSR count). The zero-order valence-electron chi connectivity index (χ0n) is 25.9. The molecular weight excluding hydrogens is 514 g/mol. The van der Waals surface area contributed by atoms with Gasteiger partial charge in [0, 0.05) is 20.9 Å². The topological polar surface area (TPSA) is 4.93 Å². The van der Waals surface area contributed by atoms with Crippen molar-refractivity contribution < 1.29 is 0 Å². The first kappa shape index (κ1) is 34.7. The number of allylic oxidation sites excluding steroid dienone is 7. The molecule has 2 aromatic rings. The van der Waals surface area contributed by atoms with Crippen LogP contribution in [-0.2, 0) is 6.42 Å². The van der Waals surface area contributed by atoms with Crippen LogP contribution in [0.3, 0.4) is 0 Å². The molecule has 1 aromatic heterocycles. The lowest BCUT2D eigenvalue weighted by molar-refractivity contribution is 0.622. The summed E-state index contributed by atoms with van der Waals surface area (Å²) in [6.07, 6.45) is 11.9. The van der Waals surface area contributed by atoms with Crippen molar-refractivity contribution in [2.45, 2.75) is 96.4 Å². The quantitative estimate of drug-likeness (QED) is 0.347. The molecule has 0 unspecified atom stereocenters. The van der Waals surface area contributed by atoms with Gasteiger partial charge in [0.1, 0.15) is 0 Å². The standard InChI is InChI=1S/C29H34BrN.3C2H6/c1-9-13-14-25-19(5)20(6)27(29(25,7)8)28-24(11-3)23(10-2)26(12-4)31(28)22-17-15-21(30)16-18-22;3*1-2/h9-10,12-18H,5,11H2,1-4,6-8H3;3*1-2H3/b13-9-,23-10-,25-14+,26-12+;;;. The fourth-order valence-corrected chi connectivity index (χ4v) is 5.32. The van der Waals surface area contributed by atoms with E-state index in [9.17, 15) is 0 Å². The average molecular weight is 567 g/mol. The highest BCUT2D eigenvalue weighted by Gasteiger charge is 2.40. The van der Waals surface area contributed by atoms with Crippen LogP contribution in [0.5, 0.6) is 0 Å². The Morgan fingerprint density at radius 1 is 0.919 bits per heavy atom. The van der Waals surface area contributed by atoms with Crippen molar-refractivity contribution in [2.75, 3.05) is 0 Å². The number of benzene rings is 1. The molecule has 1 aromatic carbocycles. The van der Waals surface area contributed by atoms with Gasteiger partial charge >= 0.3 is 0 Å². The first-order chi connectivity index (χ1) is 17.7. The van der Waals surface area contributed by atoms with E-state index in [1.165, 1.54) is 44.2 Å². The Morgan fingerprint density at radius 2 is 1.46 bits per heavy atom. The molecule has 0 saturated carbocycles. The first-order valence-electron chi connectivity index (χ1n) is 14.1. The maximum atomic E-state index is 4.49. The van der Waals surface area contributed by atoms with Crippen LogP contribution in [0.2, 0.25) is 0 Å². The summed E-state index contributed by atoms with van der Waals surface area (Å²) < 4.78 is 3.54. The minimum atomic E-state index is -0.133. The predicted molar refractivity (Wildman–Crippen MR) is 175 cm³/mol. The van der Waals surface area contributed by atoms with Gasteiger partial charge in [-0.25, -0.2) is 0 Å². The van der Waals surface area contributed by atoms with Gasteiger partial charge in [0.15, 0.2) is 0 Å². The molecule has 1 nitrogen and oxygen atoms in total. The van der Waals surface area contributed by atoms with Gasteiger partial charge in [0.2, 0.25) is 0 Å². The van der Waals surface area contributed by atoms with Crippen LogP contribution >= 0.6 is 15.9 Å². The molecule has 1 heterocycles. The highest BCUT2D eigenvalue weighted by Crippen LogP contribution is 2.54. The number of nitrogens with zero attached hydrogens (tertiary/aromatic N) is 1. The maximum Gasteiger partial charge on any atom is 0.0543 e. The molecule has 1 aliphatic rings. The van der Waals surface area contributed by atoms with E-state index in [0.717, 1.165) is 16.5 Å². The van der Waals surface area contributed by atoms with E-state index in [1.54, 1.807) is 0 Å². The molecule has 0 saturated heterocycles. The fraction of sp³-hybridized carbons (Fsp3) is 0.429. The van der Waals surface area contributed by atoms with Crippen molar-refractivity contribution in [1.29, 1.82) is 0 Å². The van der Waals surface area contributed by atoms with Crippen LogP contribution in [0.15, 0.2) is 70.3 Å². The Labute approximate surface area is 237 Å². The molecular formula is C35H52BrN. The van der Waals surface area contributed by atoms with E-state index in [1.807, 2.05) is 41.5 Å². The van der Waals surface area contributed by atoms with Crippen LogP contribution < -0.4 is 10.6 Å². The third-order valence-corrected chi connectivity index (χ3v) is 7.02. The van der Waals surface area contributed by atoms with E-state index in [4.69, 9.17) is 0 Å². The normalized spacial score (nSPS) is 16.4. The molecule has 0 radical (unpaired) electrons. The van der Waals surface area contributed by atoms with Crippen LogP contribution in [0.1, 0.15) is 101 Å². The summed E-state index contributed by atoms with van der Waals surface area (Å²) >= 11 is 3.59. The Morgan fingerprint density at radius 3 is 1.89 bits per heavy atom. The molecule has 1 aliphatic carbocycles. The van der Waals surface area contributed by atoms with Crippen LogP contribution in [-0.4, -0.2) is 4.57 Å². The lowest BCUT2D eigenvalue weighted by atomic mass is 9.78. The Bertz CT molecular complexity index is 1230. The number of hydrogen-bond acceptors (Lipinski definition) is 0. The predicted octanol–water partition coefficient (Wildman–Crippen LogP) is 10.4. The van der Waals surface area contributed by atoms with E-state index in [2.05, 4.69) is 130 Å². The van der Waals surface area contributed by atoms with Crippen molar-refractivity contribution >= 4 is 33.7 Å². The monoisotopic (exact) mass is 565 g/mol. The summed E-state index contributed by atoms with van der Waals surface area (Å²) in [4.78, 5) is 0. The van der Waals surface area contributed by atoms with Crippen LogP contribution in [0.25, 0.3) is 23.4 Å². The summed E-state index contributed by atoms with van der Waals surface area (Å²) in [5, 5.41) is 2.58. The molecule has 0 aliphatic heterocycles. The Balaban J connectivity index is 0.00000201. The summed E-state index contributed by atoms with van der Waals surface area (Å²) in [7, 11) is 0. The molecule has 2 heteroatoms. The SMILES string of the molecule is C=C1C(C)=C(c2c(CC)c(=C/C)/c(=C\C)n2-c2ccc(Br)cc2)C(C)(C)/C1=C/C=C\C.CC.CC.CC. The van der Waals surface area contributed by atoms with E-state index in [-0.39, 0.29) is 5.41 Å². The van der Waals surface area contributed by atoms with Gasteiger partial charge in [-0.3, -0.25) is 0 Å².